The lowest BCUT2D eigenvalue weighted by atomic mass is 9.66. The van der Waals surface area contributed by atoms with Crippen LogP contribution in [0.2, 0.25) is 0 Å². The molecule has 1 aliphatic carbocycles. The number of hydrogen-bond acceptors (Lipinski definition) is 3. The highest BCUT2D eigenvalue weighted by molar-refractivity contribution is 5.88. The van der Waals surface area contributed by atoms with Gasteiger partial charge in [-0.3, -0.25) is 4.79 Å². The number of hydrogen-bond donors (Lipinski definition) is 1. The van der Waals surface area contributed by atoms with Gasteiger partial charge in [-0.25, -0.2) is 0 Å². The largest absolute Gasteiger partial charge is 0.374 e. The minimum atomic E-state index is -0.366. The topological polar surface area (TPSA) is 38.3 Å². The van der Waals surface area contributed by atoms with Gasteiger partial charge in [0.25, 0.3) is 0 Å². The van der Waals surface area contributed by atoms with E-state index in [4.69, 9.17) is 4.74 Å². The molecule has 2 unspecified atom stereocenters. The van der Waals surface area contributed by atoms with Gasteiger partial charge in [0.05, 0.1) is 0 Å². The second-order valence-electron chi connectivity index (χ2n) is 5.01. The molecule has 3 heteroatoms. The zero-order chi connectivity index (χ0) is 14.5. The molecule has 0 bridgehead atoms. The van der Waals surface area contributed by atoms with E-state index in [9.17, 15) is 4.79 Å². The van der Waals surface area contributed by atoms with Gasteiger partial charge in [-0.05, 0) is 32.0 Å². The number of nitrogens with one attached hydrogen (secondary N) is 1. The van der Waals surface area contributed by atoms with Gasteiger partial charge in [0.15, 0.2) is 5.78 Å². The van der Waals surface area contributed by atoms with E-state index in [1.54, 1.807) is 13.3 Å². The maximum atomic E-state index is 12.5. The number of methoxy groups -OCH3 is 1. The summed E-state index contributed by atoms with van der Waals surface area (Å²) < 4.78 is 5.19. The van der Waals surface area contributed by atoms with Crippen molar-refractivity contribution in [2.24, 2.45) is 11.3 Å². The number of allylic oxidation sites excluding steroid dienone is 3. The highest BCUT2D eigenvalue weighted by Gasteiger charge is 2.40. The number of ketones is 1. The Morgan fingerprint density at radius 1 is 1.58 bits per heavy atom. The highest BCUT2D eigenvalue weighted by Crippen LogP contribution is 2.42. The summed E-state index contributed by atoms with van der Waals surface area (Å²) in [6.07, 6.45) is 9.25. The van der Waals surface area contributed by atoms with Gasteiger partial charge in [0, 0.05) is 24.1 Å². The summed E-state index contributed by atoms with van der Waals surface area (Å²) >= 11 is 0. The fraction of sp³-hybridized carbons (Fsp3) is 0.562. The van der Waals surface area contributed by atoms with Crippen molar-refractivity contribution in [2.45, 2.75) is 39.7 Å². The lowest BCUT2D eigenvalue weighted by molar-refractivity contribution is -0.133. The first kappa shape index (κ1) is 15.7. The average molecular weight is 263 g/mol. The SMILES string of the molecule is C=CNC1=CC(CC)(CC)C(C(=O)C(C)OC)C=C1. The van der Waals surface area contributed by atoms with Crippen LogP contribution in [0.15, 0.2) is 36.7 Å². The molecule has 0 saturated carbocycles. The molecule has 0 aromatic carbocycles. The van der Waals surface area contributed by atoms with E-state index in [0.717, 1.165) is 18.5 Å². The molecule has 0 saturated heterocycles. The molecule has 0 aromatic heterocycles. The lowest BCUT2D eigenvalue weighted by Crippen LogP contribution is -2.39. The van der Waals surface area contributed by atoms with Crippen molar-refractivity contribution in [1.29, 1.82) is 0 Å². The Bertz CT molecular complexity index is 392. The Morgan fingerprint density at radius 3 is 2.68 bits per heavy atom. The van der Waals surface area contributed by atoms with Gasteiger partial charge in [-0.15, -0.1) is 0 Å². The van der Waals surface area contributed by atoms with Gasteiger partial charge in [-0.2, -0.15) is 0 Å². The van der Waals surface area contributed by atoms with Crippen LogP contribution in [0.4, 0.5) is 0 Å². The van der Waals surface area contributed by atoms with Crippen LogP contribution in [0.3, 0.4) is 0 Å². The first-order chi connectivity index (χ1) is 9.04. The fourth-order valence-electron chi connectivity index (χ4n) is 2.69. The van der Waals surface area contributed by atoms with Crippen LogP contribution in [-0.4, -0.2) is 19.0 Å². The van der Waals surface area contributed by atoms with E-state index in [0.29, 0.717) is 0 Å². The van der Waals surface area contributed by atoms with E-state index in [1.807, 2.05) is 19.1 Å². The second-order valence-corrected chi connectivity index (χ2v) is 5.01. The zero-order valence-corrected chi connectivity index (χ0v) is 12.4. The van der Waals surface area contributed by atoms with Crippen LogP contribution >= 0.6 is 0 Å². The summed E-state index contributed by atoms with van der Waals surface area (Å²) in [5.74, 6) is 0.0316. The monoisotopic (exact) mass is 263 g/mol. The van der Waals surface area contributed by atoms with Crippen LogP contribution in [0.1, 0.15) is 33.6 Å². The summed E-state index contributed by atoms with van der Waals surface area (Å²) in [4.78, 5) is 12.5. The molecule has 0 aliphatic heterocycles. The Hall–Kier alpha value is -1.35. The van der Waals surface area contributed by atoms with Gasteiger partial charge >= 0.3 is 0 Å². The fourth-order valence-corrected chi connectivity index (χ4v) is 2.69. The van der Waals surface area contributed by atoms with Gasteiger partial charge < -0.3 is 10.1 Å². The quantitative estimate of drug-likeness (QED) is 0.766. The highest BCUT2D eigenvalue weighted by atomic mass is 16.5. The van der Waals surface area contributed by atoms with Crippen molar-refractivity contribution >= 4 is 5.78 Å². The van der Waals surface area contributed by atoms with Crippen molar-refractivity contribution in [3.05, 3.63) is 36.7 Å². The van der Waals surface area contributed by atoms with Gasteiger partial charge in [0.2, 0.25) is 0 Å². The summed E-state index contributed by atoms with van der Waals surface area (Å²) in [5, 5.41) is 3.11. The summed E-state index contributed by atoms with van der Waals surface area (Å²) in [6.45, 7) is 9.74. The molecular weight excluding hydrogens is 238 g/mol. The van der Waals surface area contributed by atoms with Crippen molar-refractivity contribution < 1.29 is 9.53 Å². The minimum Gasteiger partial charge on any atom is -0.374 e. The number of rotatable bonds is 7. The smallest absolute Gasteiger partial charge is 0.168 e. The molecule has 0 aromatic rings. The summed E-state index contributed by atoms with van der Waals surface area (Å²) in [6, 6.07) is 0. The maximum Gasteiger partial charge on any atom is 0.168 e. The molecule has 0 spiro atoms. The average Bonchev–Trinajstić information content (AvgIpc) is 2.45. The van der Waals surface area contributed by atoms with E-state index < -0.39 is 0 Å². The molecule has 3 nitrogen and oxygen atoms in total. The van der Waals surface area contributed by atoms with E-state index in [2.05, 4.69) is 31.8 Å². The number of carbonyl (C=O) groups is 1. The van der Waals surface area contributed by atoms with Crippen molar-refractivity contribution in [2.75, 3.05) is 7.11 Å². The van der Waals surface area contributed by atoms with E-state index in [1.165, 1.54) is 0 Å². The van der Waals surface area contributed by atoms with E-state index in [-0.39, 0.29) is 23.2 Å². The van der Waals surface area contributed by atoms with Crippen molar-refractivity contribution in [1.82, 2.24) is 5.32 Å². The van der Waals surface area contributed by atoms with Crippen LogP contribution < -0.4 is 5.32 Å². The zero-order valence-electron chi connectivity index (χ0n) is 12.4. The molecule has 106 valence electrons. The normalized spacial score (nSPS) is 22.5. The number of ether oxygens (including phenoxy) is 1. The van der Waals surface area contributed by atoms with Crippen molar-refractivity contribution in [3.63, 3.8) is 0 Å². The third-order valence-corrected chi connectivity index (χ3v) is 4.18. The van der Waals surface area contributed by atoms with Crippen LogP contribution in [0.25, 0.3) is 0 Å². The Labute approximate surface area is 116 Å². The molecule has 0 heterocycles. The Balaban J connectivity index is 3.09. The molecule has 1 N–H and O–H groups in total. The third kappa shape index (κ3) is 3.16. The molecule has 0 amide bonds. The maximum absolute atomic E-state index is 12.5. The van der Waals surface area contributed by atoms with Crippen LogP contribution in [0.5, 0.6) is 0 Å². The molecule has 1 rings (SSSR count). The molecule has 1 aliphatic rings. The van der Waals surface area contributed by atoms with E-state index >= 15 is 0 Å². The third-order valence-electron chi connectivity index (χ3n) is 4.18. The van der Waals surface area contributed by atoms with Crippen LogP contribution in [0, 0.1) is 11.3 Å². The predicted octanol–water partition coefficient (Wildman–Crippen LogP) is 3.20. The Morgan fingerprint density at radius 2 is 2.21 bits per heavy atom. The number of Topliss-reactive ketones (excluding diaryl/α,β-unsaturated/α-hetero) is 1. The van der Waals surface area contributed by atoms with Gasteiger partial charge in [0.1, 0.15) is 6.10 Å². The first-order valence-electron chi connectivity index (χ1n) is 6.89. The molecule has 19 heavy (non-hydrogen) atoms. The van der Waals surface area contributed by atoms with Crippen LogP contribution in [-0.2, 0) is 9.53 Å². The first-order valence-corrected chi connectivity index (χ1v) is 6.89. The lowest BCUT2D eigenvalue weighted by Gasteiger charge is -2.38. The molecular formula is C16H25NO2. The molecule has 0 radical (unpaired) electrons. The second kappa shape index (κ2) is 6.71. The summed E-state index contributed by atoms with van der Waals surface area (Å²) in [7, 11) is 1.58. The summed E-state index contributed by atoms with van der Waals surface area (Å²) in [5.41, 5.74) is 0.872. The van der Waals surface area contributed by atoms with Crippen molar-refractivity contribution in [3.8, 4) is 0 Å². The molecule has 2 atom stereocenters. The molecule has 0 fully saturated rings. The number of carbonyl (C=O) groups excluding carboxylic acids is 1. The standard InChI is InChI=1S/C16H25NO2/c1-6-16(7-2)11-13(17-8-3)9-10-14(16)15(18)12(4)19-5/h8-12,14,17H,3,6-7H2,1-2,4-5H3. The minimum absolute atomic E-state index is 0.118. The predicted molar refractivity (Wildman–Crippen MR) is 78.5 cm³/mol. The van der Waals surface area contributed by atoms with Gasteiger partial charge in [-0.1, -0.05) is 32.6 Å². The Kier molecular flexibility index (Phi) is 5.55.